The summed E-state index contributed by atoms with van der Waals surface area (Å²) in [6, 6.07) is 10.3. The van der Waals surface area contributed by atoms with E-state index in [4.69, 9.17) is 12.2 Å². The van der Waals surface area contributed by atoms with Crippen molar-refractivity contribution in [1.82, 2.24) is 5.32 Å². The number of hydrogen-bond donors (Lipinski definition) is 2. The van der Waals surface area contributed by atoms with Crippen molar-refractivity contribution in [2.24, 2.45) is 0 Å². The molecule has 1 aromatic heterocycles. The second kappa shape index (κ2) is 5.93. The van der Waals surface area contributed by atoms with Gasteiger partial charge in [0.2, 0.25) is 0 Å². The fraction of sp³-hybridized carbons (Fsp3) is 0.154. The molecule has 0 radical (unpaired) electrons. The van der Waals surface area contributed by atoms with Crippen LogP contribution >= 0.6 is 23.6 Å². The molecule has 0 spiro atoms. The van der Waals surface area contributed by atoms with Gasteiger partial charge in [-0.25, -0.2) is 4.39 Å². The summed E-state index contributed by atoms with van der Waals surface area (Å²) in [7, 11) is 0. The van der Waals surface area contributed by atoms with Crippen molar-refractivity contribution in [2.75, 3.05) is 5.32 Å². The number of thiocarbonyl (C=S) groups is 1. The number of anilines is 1. The number of rotatable bonds is 3. The zero-order valence-electron chi connectivity index (χ0n) is 9.81. The van der Waals surface area contributed by atoms with E-state index in [1.54, 1.807) is 23.5 Å². The van der Waals surface area contributed by atoms with Gasteiger partial charge >= 0.3 is 0 Å². The van der Waals surface area contributed by atoms with Gasteiger partial charge < -0.3 is 10.6 Å². The summed E-state index contributed by atoms with van der Waals surface area (Å²) in [6.07, 6.45) is 0. The maximum atomic E-state index is 12.7. The Labute approximate surface area is 115 Å². The summed E-state index contributed by atoms with van der Waals surface area (Å²) in [6.45, 7) is 2.05. The van der Waals surface area contributed by atoms with Crippen LogP contribution in [0.3, 0.4) is 0 Å². The molecule has 2 nitrogen and oxygen atoms in total. The predicted molar refractivity (Wildman–Crippen MR) is 78.5 cm³/mol. The smallest absolute Gasteiger partial charge is 0.171 e. The summed E-state index contributed by atoms with van der Waals surface area (Å²) < 4.78 is 12.7. The maximum Gasteiger partial charge on any atom is 0.171 e. The van der Waals surface area contributed by atoms with Gasteiger partial charge in [-0.3, -0.25) is 0 Å². The second-order valence-electron chi connectivity index (χ2n) is 3.84. The van der Waals surface area contributed by atoms with Crippen LogP contribution in [0.15, 0.2) is 41.8 Å². The van der Waals surface area contributed by atoms with Crippen LogP contribution < -0.4 is 10.6 Å². The first-order valence-electron chi connectivity index (χ1n) is 5.51. The summed E-state index contributed by atoms with van der Waals surface area (Å²) >= 11 is 6.89. The van der Waals surface area contributed by atoms with Crippen molar-refractivity contribution in [3.8, 4) is 0 Å². The van der Waals surface area contributed by atoms with Gasteiger partial charge in [0.1, 0.15) is 5.82 Å². The highest BCUT2D eigenvalue weighted by Gasteiger charge is 2.07. The van der Waals surface area contributed by atoms with Crippen molar-refractivity contribution in [3.05, 3.63) is 52.5 Å². The highest BCUT2D eigenvalue weighted by molar-refractivity contribution is 7.80. The molecule has 2 rings (SSSR count). The molecular weight excluding hydrogens is 267 g/mol. The monoisotopic (exact) mass is 280 g/mol. The molecule has 1 atom stereocenters. The van der Waals surface area contributed by atoms with E-state index in [1.165, 1.54) is 17.0 Å². The van der Waals surface area contributed by atoms with E-state index in [0.29, 0.717) is 5.11 Å². The molecule has 94 valence electrons. The summed E-state index contributed by atoms with van der Waals surface area (Å²) in [5.74, 6) is -0.258. The number of hydrogen-bond acceptors (Lipinski definition) is 2. The molecule has 2 aromatic rings. The van der Waals surface area contributed by atoms with Crippen molar-refractivity contribution in [1.29, 1.82) is 0 Å². The average Bonchev–Trinajstić information content (AvgIpc) is 2.85. The molecule has 0 aliphatic heterocycles. The Morgan fingerprint density at radius 2 is 2.00 bits per heavy atom. The average molecular weight is 280 g/mol. The lowest BCUT2D eigenvalue weighted by Crippen LogP contribution is -2.30. The summed E-state index contributed by atoms with van der Waals surface area (Å²) in [5, 5.41) is 8.76. The highest BCUT2D eigenvalue weighted by atomic mass is 32.1. The third-order valence-electron chi connectivity index (χ3n) is 2.42. The largest absolute Gasteiger partial charge is 0.355 e. The Balaban J connectivity index is 1.91. The van der Waals surface area contributed by atoms with Crippen LogP contribution in [-0.2, 0) is 0 Å². The zero-order chi connectivity index (χ0) is 13.0. The Kier molecular flexibility index (Phi) is 4.28. The first-order chi connectivity index (χ1) is 8.65. The Morgan fingerprint density at radius 3 is 2.61 bits per heavy atom. The maximum absolute atomic E-state index is 12.7. The van der Waals surface area contributed by atoms with Gasteiger partial charge in [0.05, 0.1) is 6.04 Å². The number of thiophene rings is 1. The standard InChI is InChI=1S/C13H13FN2S2/c1-9(12-3-2-8-18-12)15-13(17)16-11-6-4-10(14)5-7-11/h2-9H,1H3,(H2,15,16,17)/t9-/m0/s1. The molecule has 5 heteroatoms. The van der Waals surface area contributed by atoms with Crippen LogP contribution in [0.4, 0.5) is 10.1 Å². The van der Waals surface area contributed by atoms with Gasteiger partial charge in [-0.05, 0) is 54.9 Å². The number of halogens is 1. The van der Waals surface area contributed by atoms with Crippen molar-refractivity contribution < 1.29 is 4.39 Å². The normalized spacial score (nSPS) is 11.9. The zero-order valence-corrected chi connectivity index (χ0v) is 11.4. The van der Waals surface area contributed by atoms with Crippen LogP contribution in [0.2, 0.25) is 0 Å². The van der Waals surface area contributed by atoms with E-state index >= 15 is 0 Å². The Bertz CT molecular complexity index is 508. The van der Waals surface area contributed by atoms with Gasteiger partial charge in [-0.2, -0.15) is 0 Å². The van der Waals surface area contributed by atoms with Gasteiger partial charge in [-0.15, -0.1) is 11.3 Å². The molecule has 18 heavy (non-hydrogen) atoms. The minimum Gasteiger partial charge on any atom is -0.355 e. The fourth-order valence-corrected chi connectivity index (χ4v) is 2.53. The van der Waals surface area contributed by atoms with Gasteiger partial charge in [0.15, 0.2) is 5.11 Å². The first kappa shape index (κ1) is 13.0. The van der Waals surface area contributed by atoms with E-state index in [-0.39, 0.29) is 11.9 Å². The van der Waals surface area contributed by atoms with Crippen LogP contribution in [0.25, 0.3) is 0 Å². The summed E-state index contributed by atoms with van der Waals surface area (Å²) in [5.41, 5.74) is 0.771. The van der Waals surface area contributed by atoms with Crippen molar-refractivity contribution in [3.63, 3.8) is 0 Å². The van der Waals surface area contributed by atoms with Crippen molar-refractivity contribution >= 4 is 34.4 Å². The fourth-order valence-electron chi connectivity index (χ4n) is 1.51. The van der Waals surface area contributed by atoms with Gasteiger partial charge in [0, 0.05) is 10.6 Å². The van der Waals surface area contributed by atoms with Crippen LogP contribution in [0.1, 0.15) is 17.8 Å². The SMILES string of the molecule is C[C@H](NC(=S)Nc1ccc(F)cc1)c1cccs1. The number of benzene rings is 1. The molecule has 1 heterocycles. The van der Waals surface area contributed by atoms with Crippen molar-refractivity contribution in [2.45, 2.75) is 13.0 Å². The molecule has 0 fully saturated rings. The third kappa shape index (κ3) is 3.51. The first-order valence-corrected chi connectivity index (χ1v) is 6.80. The highest BCUT2D eigenvalue weighted by Crippen LogP contribution is 2.18. The molecule has 0 saturated heterocycles. The molecule has 2 N–H and O–H groups in total. The minimum absolute atomic E-state index is 0.158. The van der Waals surface area contributed by atoms with E-state index in [1.807, 2.05) is 18.4 Å². The lowest BCUT2D eigenvalue weighted by molar-refractivity contribution is 0.628. The Hall–Kier alpha value is -1.46. The van der Waals surface area contributed by atoms with E-state index in [0.717, 1.165) is 5.69 Å². The topological polar surface area (TPSA) is 24.1 Å². The van der Waals surface area contributed by atoms with E-state index < -0.39 is 0 Å². The minimum atomic E-state index is -0.258. The van der Waals surface area contributed by atoms with Crippen LogP contribution in [-0.4, -0.2) is 5.11 Å². The molecule has 0 saturated carbocycles. The molecule has 0 aliphatic carbocycles. The molecule has 0 amide bonds. The van der Waals surface area contributed by atoms with Gasteiger partial charge in [0.25, 0.3) is 0 Å². The van der Waals surface area contributed by atoms with Gasteiger partial charge in [-0.1, -0.05) is 6.07 Å². The molecular formula is C13H13FN2S2. The lowest BCUT2D eigenvalue weighted by atomic mass is 10.3. The third-order valence-corrected chi connectivity index (χ3v) is 3.69. The molecule has 0 bridgehead atoms. The molecule has 1 aromatic carbocycles. The van der Waals surface area contributed by atoms with Crippen LogP contribution in [0.5, 0.6) is 0 Å². The second-order valence-corrected chi connectivity index (χ2v) is 5.23. The quantitative estimate of drug-likeness (QED) is 0.833. The Morgan fingerprint density at radius 1 is 1.28 bits per heavy atom. The molecule has 0 aliphatic rings. The lowest BCUT2D eigenvalue weighted by Gasteiger charge is -2.15. The number of nitrogens with one attached hydrogen (secondary N) is 2. The van der Waals surface area contributed by atoms with E-state index in [2.05, 4.69) is 16.7 Å². The van der Waals surface area contributed by atoms with E-state index in [9.17, 15) is 4.39 Å². The molecule has 0 unspecified atom stereocenters. The predicted octanol–water partition coefficient (Wildman–Crippen LogP) is 3.93. The summed E-state index contributed by atoms with van der Waals surface area (Å²) in [4.78, 5) is 1.22. The van der Waals surface area contributed by atoms with Crippen LogP contribution in [0, 0.1) is 5.82 Å².